The first kappa shape index (κ1) is 20.3. The molecule has 144 valence electrons. The summed E-state index contributed by atoms with van der Waals surface area (Å²) in [7, 11) is 0. The van der Waals surface area contributed by atoms with Crippen LogP contribution < -0.4 is 0 Å². The highest BCUT2D eigenvalue weighted by Gasteiger charge is 2.18. The van der Waals surface area contributed by atoms with Gasteiger partial charge in [0.15, 0.2) is 0 Å². The minimum absolute atomic E-state index is 0.0323. The highest BCUT2D eigenvalue weighted by Crippen LogP contribution is 2.36. The summed E-state index contributed by atoms with van der Waals surface area (Å²) in [5.74, 6) is 0.0323. The van der Waals surface area contributed by atoms with Gasteiger partial charge < -0.3 is 9.64 Å². The lowest BCUT2D eigenvalue weighted by molar-refractivity contribution is 0.0303. The number of nitriles is 1. The maximum atomic E-state index is 12.5. The first-order valence-corrected chi connectivity index (χ1v) is 10.5. The third-order valence-corrected chi connectivity index (χ3v) is 5.94. The van der Waals surface area contributed by atoms with E-state index in [-0.39, 0.29) is 5.91 Å². The lowest BCUT2D eigenvalue weighted by Crippen LogP contribution is -2.40. The van der Waals surface area contributed by atoms with Crippen molar-refractivity contribution in [1.29, 1.82) is 5.26 Å². The monoisotopic (exact) mass is 412 g/mol. The van der Waals surface area contributed by atoms with Crippen LogP contribution in [-0.2, 0) is 4.74 Å². The van der Waals surface area contributed by atoms with Crippen molar-refractivity contribution in [2.75, 3.05) is 26.3 Å². The Morgan fingerprint density at radius 2 is 1.79 bits per heavy atom. The van der Waals surface area contributed by atoms with Crippen LogP contribution >= 0.6 is 22.9 Å². The molecule has 28 heavy (non-hydrogen) atoms. The van der Waals surface area contributed by atoms with Gasteiger partial charge in [0.05, 0.1) is 22.9 Å². The molecule has 0 bridgehead atoms. The largest absolute Gasteiger partial charge is 0.378 e. The average Bonchev–Trinajstić information content (AvgIpc) is 3.19. The number of thiophene rings is 1. The predicted molar refractivity (Wildman–Crippen MR) is 115 cm³/mol. The SMILES string of the molecule is CC.N#Cc1cc2cc(-c3ccc(C(=O)N4CCOCC4)cc3)cc(Cl)c2s1. The van der Waals surface area contributed by atoms with E-state index in [4.69, 9.17) is 21.6 Å². The van der Waals surface area contributed by atoms with E-state index >= 15 is 0 Å². The van der Waals surface area contributed by atoms with Crippen LogP contribution in [0.2, 0.25) is 5.02 Å². The Morgan fingerprint density at radius 3 is 2.43 bits per heavy atom. The second-order valence-electron chi connectivity index (χ2n) is 6.08. The minimum Gasteiger partial charge on any atom is -0.378 e. The van der Waals surface area contributed by atoms with Crippen LogP contribution in [0, 0.1) is 11.3 Å². The molecule has 1 aromatic heterocycles. The summed E-state index contributed by atoms with van der Waals surface area (Å²) in [5, 5.41) is 10.7. The standard InChI is InChI=1S/C20H15ClN2O2S.C2H6/c21-18-11-15(9-16-10-17(12-22)26-19(16)18)13-1-3-14(4-2-13)20(24)23-5-7-25-8-6-23;1-2/h1-4,9-11H,5-8H2;1-2H3. The van der Waals surface area contributed by atoms with Crippen molar-refractivity contribution in [3.05, 3.63) is 57.9 Å². The van der Waals surface area contributed by atoms with Crippen molar-refractivity contribution < 1.29 is 9.53 Å². The third-order valence-electron chi connectivity index (χ3n) is 4.44. The highest BCUT2D eigenvalue weighted by molar-refractivity contribution is 7.20. The molecule has 1 saturated heterocycles. The van der Waals surface area contributed by atoms with Crippen LogP contribution in [0.25, 0.3) is 21.2 Å². The van der Waals surface area contributed by atoms with Crippen LogP contribution in [0.1, 0.15) is 29.1 Å². The highest BCUT2D eigenvalue weighted by atomic mass is 35.5. The summed E-state index contributed by atoms with van der Waals surface area (Å²) < 4.78 is 6.22. The van der Waals surface area contributed by atoms with Crippen LogP contribution in [0.15, 0.2) is 42.5 Å². The van der Waals surface area contributed by atoms with Gasteiger partial charge >= 0.3 is 0 Å². The summed E-state index contributed by atoms with van der Waals surface area (Å²) in [6, 6.07) is 15.5. The number of nitrogens with zero attached hydrogens (tertiary/aromatic N) is 2. The zero-order valence-electron chi connectivity index (χ0n) is 15.9. The van der Waals surface area contributed by atoms with Gasteiger partial charge in [-0.15, -0.1) is 11.3 Å². The Balaban J connectivity index is 0.00000109. The molecule has 0 N–H and O–H groups in total. The number of benzene rings is 2. The number of hydrogen-bond donors (Lipinski definition) is 0. The van der Waals surface area contributed by atoms with E-state index in [1.807, 2.05) is 61.2 Å². The van der Waals surface area contributed by atoms with Crippen molar-refractivity contribution >= 4 is 38.9 Å². The van der Waals surface area contributed by atoms with Gasteiger partial charge in [0.2, 0.25) is 0 Å². The van der Waals surface area contributed by atoms with Gasteiger partial charge in [0, 0.05) is 18.7 Å². The van der Waals surface area contributed by atoms with E-state index in [1.54, 1.807) is 0 Å². The van der Waals surface area contributed by atoms with Gasteiger partial charge in [0.1, 0.15) is 10.9 Å². The molecule has 1 amide bonds. The quantitative estimate of drug-likeness (QED) is 0.551. The minimum atomic E-state index is 0.0323. The molecule has 4 nitrogen and oxygen atoms in total. The fourth-order valence-corrected chi connectivity index (χ4v) is 4.27. The smallest absolute Gasteiger partial charge is 0.254 e. The molecular weight excluding hydrogens is 392 g/mol. The van der Waals surface area contributed by atoms with E-state index in [0.29, 0.717) is 41.8 Å². The van der Waals surface area contributed by atoms with Gasteiger partial charge in [-0.3, -0.25) is 4.79 Å². The van der Waals surface area contributed by atoms with Crippen LogP contribution in [-0.4, -0.2) is 37.1 Å². The van der Waals surface area contributed by atoms with E-state index < -0.39 is 0 Å². The van der Waals surface area contributed by atoms with Gasteiger partial charge in [-0.2, -0.15) is 5.26 Å². The van der Waals surface area contributed by atoms with Gasteiger partial charge in [-0.1, -0.05) is 37.6 Å². The number of rotatable bonds is 2. The summed E-state index contributed by atoms with van der Waals surface area (Å²) >= 11 is 7.79. The number of fused-ring (bicyclic) bond motifs is 1. The number of amides is 1. The second kappa shape index (κ2) is 9.20. The molecule has 0 radical (unpaired) electrons. The van der Waals surface area contributed by atoms with Crippen molar-refractivity contribution in [3.63, 3.8) is 0 Å². The lowest BCUT2D eigenvalue weighted by Gasteiger charge is -2.26. The summed E-state index contributed by atoms with van der Waals surface area (Å²) in [4.78, 5) is 15.0. The Bertz CT molecular complexity index is 1020. The molecule has 1 fully saturated rings. The Morgan fingerprint density at radius 1 is 1.11 bits per heavy atom. The fraction of sp³-hybridized carbons (Fsp3) is 0.273. The van der Waals surface area contributed by atoms with Gasteiger partial charge in [0.25, 0.3) is 5.91 Å². The summed E-state index contributed by atoms with van der Waals surface area (Å²) in [5.41, 5.74) is 2.62. The topological polar surface area (TPSA) is 53.3 Å². The molecule has 2 heterocycles. The van der Waals surface area contributed by atoms with E-state index in [9.17, 15) is 4.79 Å². The first-order chi connectivity index (χ1) is 13.7. The number of carbonyl (C=O) groups excluding carboxylic acids is 1. The maximum Gasteiger partial charge on any atom is 0.254 e. The van der Waals surface area contributed by atoms with Gasteiger partial charge in [-0.25, -0.2) is 0 Å². The second-order valence-corrected chi connectivity index (χ2v) is 7.54. The van der Waals surface area contributed by atoms with Crippen LogP contribution in [0.5, 0.6) is 0 Å². The van der Waals surface area contributed by atoms with Crippen molar-refractivity contribution in [1.82, 2.24) is 4.90 Å². The predicted octanol–water partition coefficient (Wildman–Crippen LogP) is 5.59. The van der Waals surface area contributed by atoms with E-state index in [1.165, 1.54) is 11.3 Å². The average molecular weight is 413 g/mol. The molecule has 0 aliphatic carbocycles. The molecule has 0 unspecified atom stereocenters. The van der Waals surface area contributed by atoms with Crippen molar-refractivity contribution in [3.8, 4) is 17.2 Å². The maximum absolute atomic E-state index is 12.5. The normalized spacial score (nSPS) is 13.6. The van der Waals surface area contributed by atoms with Crippen molar-refractivity contribution in [2.45, 2.75) is 13.8 Å². The molecule has 6 heteroatoms. The number of hydrogen-bond acceptors (Lipinski definition) is 4. The van der Waals surface area contributed by atoms with E-state index in [2.05, 4.69) is 6.07 Å². The van der Waals surface area contributed by atoms with Crippen molar-refractivity contribution in [2.24, 2.45) is 0 Å². The molecule has 4 rings (SSSR count). The number of halogens is 1. The molecule has 0 spiro atoms. The lowest BCUT2D eigenvalue weighted by atomic mass is 10.0. The van der Waals surface area contributed by atoms with E-state index in [0.717, 1.165) is 21.2 Å². The zero-order valence-corrected chi connectivity index (χ0v) is 17.4. The molecule has 0 saturated carbocycles. The zero-order chi connectivity index (χ0) is 20.1. The Hall–Kier alpha value is -2.39. The molecule has 0 atom stereocenters. The van der Waals surface area contributed by atoms with Gasteiger partial charge in [-0.05, 0) is 46.8 Å². The van der Waals surface area contributed by atoms with Crippen LogP contribution in [0.3, 0.4) is 0 Å². The number of ether oxygens (including phenoxy) is 1. The Kier molecular flexibility index (Phi) is 6.69. The molecule has 3 aromatic rings. The molecule has 1 aliphatic heterocycles. The molecular formula is C22H21ClN2O2S. The first-order valence-electron chi connectivity index (χ1n) is 9.26. The molecule has 1 aliphatic rings. The molecule has 2 aromatic carbocycles. The number of carbonyl (C=O) groups is 1. The summed E-state index contributed by atoms with van der Waals surface area (Å²) in [6.45, 7) is 6.44. The number of morpholine rings is 1. The van der Waals surface area contributed by atoms with Crippen LogP contribution in [0.4, 0.5) is 0 Å². The third kappa shape index (κ3) is 4.20. The fourth-order valence-electron chi connectivity index (χ4n) is 3.09. The Labute approximate surface area is 173 Å². The summed E-state index contributed by atoms with van der Waals surface area (Å²) in [6.07, 6.45) is 0.